The minimum absolute atomic E-state index is 0.0640. The maximum atomic E-state index is 11.9. The largest absolute Gasteiger partial charge is 0.465 e. The van der Waals surface area contributed by atoms with Crippen LogP contribution in [0.1, 0.15) is 40.4 Å². The van der Waals surface area contributed by atoms with Gasteiger partial charge in [-0.3, -0.25) is 4.98 Å². The Morgan fingerprint density at radius 2 is 2.12 bits per heavy atom. The Bertz CT molecular complexity index is 817. The Labute approximate surface area is 152 Å². The van der Waals surface area contributed by atoms with E-state index in [4.69, 9.17) is 15.5 Å². The standard InChI is InChI=1S/C19H23N5O2/c1-26-19(25)12-2-3-16-14(8-12)15(9-22-16)17-10-21-11-18(23-17)24-6-4-13(20)5-7-24/h2-3,8,10-11,13,15,22H,4-7,9,20H2,1H3. The van der Waals surface area contributed by atoms with Crippen molar-refractivity contribution in [3.8, 4) is 0 Å². The molecule has 2 aliphatic rings. The van der Waals surface area contributed by atoms with E-state index in [0.29, 0.717) is 5.56 Å². The molecule has 1 fully saturated rings. The number of nitrogens with one attached hydrogen (secondary N) is 1. The fourth-order valence-electron chi connectivity index (χ4n) is 3.66. The van der Waals surface area contributed by atoms with Crippen molar-refractivity contribution in [2.75, 3.05) is 37.0 Å². The summed E-state index contributed by atoms with van der Waals surface area (Å²) in [5, 5.41) is 3.39. The quantitative estimate of drug-likeness (QED) is 0.812. The number of carbonyl (C=O) groups is 1. The van der Waals surface area contributed by atoms with E-state index in [2.05, 4.69) is 15.2 Å². The number of aromatic nitrogens is 2. The molecule has 2 aliphatic heterocycles. The number of fused-ring (bicyclic) bond motifs is 1. The molecule has 1 saturated heterocycles. The first-order valence-electron chi connectivity index (χ1n) is 8.94. The average molecular weight is 353 g/mol. The molecule has 3 N–H and O–H groups in total. The monoisotopic (exact) mass is 353 g/mol. The zero-order valence-corrected chi connectivity index (χ0v) is 14.8. The van der Waals surface area contributed by atoms with Crippen LogP contribution in [0.15, 0.2) is 30.6 Å². The third-order valence-corrected chi connectivity index (χ3v) is 5.21. The highest BCUT2D eigenvalue weighted by molar-refractivity contribution is 5.90. The first-order chi connectivity index (χ1) is 12.7. The van der Waals surface area contributed by atoms with Crippen LogP contribution in [0.4, 0.5) is 11.5 Å². The zero-order valence-electron chi connectivity index (χ0n) is 14.8. The van der Waals surface area contributed by atoms with Crippen LogP contribution in [0, 0.1) is 0 Å². The first kappa shape index (κ1) is 16.8. The first-order valence-corrected chi connectivity index (χ1v) is 8.94. The summed E-state index contributed by atoms with van der Waals surface area (Å²) in [4.78, 5) is 23.4. The Morgan fingerprint density at radius 1 is 1.31 bits per heavy atom. The second-order valence-electron chi connectivity index (χ2n) is 6.85. The van der Waals surface area contributed by atoms with Gasteiger partial charge in [0, 0.05) is 43.5 Å². The van der Waals surface area contributed by atoms with Crippen molar-refractivity contribution >= 4 is 17.5 Å². The minimum Gasteiger partial charge on any atom is -0.465 e. The van der Waals surface area contributed by atoms with Gasteiger partial charge in [-0.25, -0.2) is 9.78 Å². The number of nitrogens with two attached hydrogens (primary N) is 1. The van der Waals surface area contributed by atoms with Crippen LogP contribution >= 0.6 is 0 Å². The molecule has 1 aromatic heterocycles. The van der Waals surface area contributed by atoms with Crippen molar-refractivity contribution in [2.24, 2.45) is 5.73 Å². The highest BCUT2D eigenvalue weighted by atomic mass is 16.5. The van der Waals surface area contributed by atoms with Gasteiger partial charge in [-0.05, 0) is 36.6 Å². The topological polar surface area (TPSA) is 93.4 Å². The van der Waals surface area contributed by atoms with Crippen LogP contribution in [0.2, 0.25) is 0 Å². The summed E-state index contributed by atoms with van der Waals surface area (Å²) in [6.45, 7) is 2.56. The Balaban J connectivity index is 1.62. The molecule has 7 nitrogen and oxygen atoms in total. The van der Waals surface area contributed by atoms with E-state index < -0.39 is 0 Å². The Hall–Kier alpha value is -2.67. The van der Waals surface area contributed by atoms with Crippen molar-refractivity contribution in [3.63, 3.8) is 0 Å². The van der Waals surface area contributed by atoms with Gasteiger partial charge in [0.25, 0.3) is 0 Å². The maximum Gasteiger partial charge on any atom is 0.337 e. The van der Waals surface area contributed by atoms with Gasteiger partial charge in [0.15, 0.2) is 0 Å². The van der Waals surface area contributed by atoms with Crippen molar-refractivity contribution in [3.05, 3.63) is 47.4 Å². The number of esters is 1. The molecular formula is C19H23N5O2. The molecule has 26 heavy (non-hydrogen) atoms. The summed E-state index contributed by atoms with van der Waals surface area (Å²) in [5.41, 5.74) is 9.54. The molecule has 1 unspecified atom stereocenters. The molecule has 1 aromatic carbocycles. The van der Waals surface area contributed by atoms with Crippen LogP contribution in [0.3, 0.4) is 0 Å². The molecule has 0 saturated carbocycles. The summed E-state index contributed by atoms with van der Waals surface area (Å²) in [6, 6.07) is 5.87. The number of carbonyl (C=O) groups excluding carboxylic acids is 1. The number of methoxy groups -OCH3 is 1. The van der Waals surface area contributed by atoms with Gasteiger partial charge in [0.05, 0.1) is 24.6 Å². The minimum atomic E-state index is -0.331. The molecule has 0 bridgehead atoms. The summed E-state index contributed by atoms with van der Waals surface area (Å²) >= 11 is 0. The van der Waals surface area contributed by atoms with E-state index in [1.165, 1.54) is 7.11 Å². The van der Waals surface area contributed by atoms with Crippen LogP contribution in [-0.2, 0) is 4.74 Å². The van der Waals surface area contributed by atoms with Crippen molar-refractivity contribution in [2.45, 2.75) is 24.8 Å². The lowest BCUT2D eigenvalue weighted by molar-refractivity contribution is 0.0600. The van der Waals surface area contributed by atoms with E-state index >= 15 is 0 Å². The van der Waals surface area contributed by atoms with Gasteiger partial charge in [-0.15, -0.1) is 0 Å². The number of hydrogen-bond donors (Lipinski definition) is 2. The third kappa shape index (κ3) is 3.10. The molecule has 1 atom stereocenters. The summed E-state index contributed by atoms with van der Waals surface area (Å²) in [5.74, 6) is 0.629. The van der Waals surface area contributed by atoms with Crippen LogP contribution in [-0.4, -0.2) is 48.7 Å². The molecule has 0 aliphatic carbocycles. The lowest BCUT2D eigenvalue weighted by Crippen LogP contribution is -2.40. The van der Waals surface area contributed by atoms with E-state index in [-0.39, 0.29) is 17.9 Å². The molecule has 4 rings (SSSR count). The Morgan fingerprint density at radius 3 is 2.88 bits per heavy atom. The van der Waals surface area contributed by atoms with Gasteiger partial charge in [-0.2, -0.15) is 0 Å². The van der Waals surface area contributed by atoms with Crippen molar-refractivity contribution in [1.82, 2.24) is 9.97 Å². The van der Waals surface area contributed by atoms with Crippen molar-refractivity contribution in [1.29, 1.82) is 0 Å². The number of hydrogen-bond acceptors (Lipinski definition) is 7. The summed E-state index contributed by atoms with van der Waals surface area (Å²) in [7, 11) is 1.39. The third-order valence-electron chi connectivity index (χ3n) is 5.21. The molecule has 3 heterocycles. The molecule has 0 amide bonds. The van der Waals surface area contributed by atoms with Gasteiger partial charge < -0.3 is 20.7 Å². The number of benzene rings is 1. The van der Waals surface area contributed by atoms with Gasteiger partial charge >= 0.3 is 5.97 Å². The number of rotatable bonds is 3. The van der Waals surface area contributed by atoms with E-state index in [9.17, 15) is 4.79 Å². The predicted octanol–water partition coefficient (Wildman–Crippen LogP) is 1.75. The average Bonchev–Trinajstić information content (AvgIpc) is 3.11. The zero-order chi connectivity index (χ0) is 18.1. The normalized spacial score (nSPS) is 19.8. The number of nitrogens with zero attached hydrogens (tertiary/aromatic N) is 3. The molecule has 0 spiro atoms. The molecule has 2 aromatic rings. The van der Waals surface area contributed by atoms with Crippen molar-refractivity contribution < 1.29 is 9.53 Å². The predicted molar refractivity (Wildman–Crippen MR) is 99.6 cm³/mol. The summed E-state index contributed by atoms with van der Waals surface area (Å²) < 4.78 is 4.84. The smallest absolute Gasteiger partial charge is 0.337 e. The Kier molecular flexibility index (Phi) is 4.46. The SMILES string of the molecule is COC(=O)c1ccc2c(c1)C(c1cncc(N3CCC(N)CC3)n1)CN2. The van der Waals surface area contributed by atoms with E-state index in [1.54, 1.807) is 6.07 Å². The molecule has 7 heteroatoms. The maximum absolute atomic E-state index is 11.9. The lowest BCUT2D eigenvalue weighted by atomic mass is 9.96. The molecule has 136 valence electrons. The van der Waals surface area contributed by atoms with E-state index in [0.717, 1.165) is 55.2 Å². The highest BCUT2D eigenvalue weighted by Crippen LogP contribution is 2.36. The van der Waals surface area contributed by atoms with Crippen LogP contribution < -0.4 is 16.0 Å². The van der Waals surface area contributed by atoms with Crippen LogP contribution in [0.25, 0.3) is 0 Å². The molecule has 0 radical (unpaired) electrons. The van der Waals surface area contributed by atoms with Crippen LogP contribution in [0.5, 0.6) is 0 Å². The van der Waals surface area contributed by atoms with E-state index in [1.807, 2.05) is 24.5 Å². The van der Waals surface area contributed by atoms with Gasteiger partial charge in [0.2, 0.25) is 0 Å². The second-order valence-corrected chi connectivity index (χ2v) is 6.85. The molecular weight excluding hydrogens is 330 g/mol. The number of anilines is 2. The second kappa shape index (κ2) is 6.92. The van der Waals surface area contributed by atoms with Gasteiger partial charge in [0.1, 0.15) is 5.82 Å². The number of piperidine rings is 1. The fraction of sp³-hybridized carbons (Fsp3) is 0.421. The summed E-state index contributed by atoms with van der Waals surface area (Å²) in [6.07, 6.45) is 5.57. The number of ether oxygens (including phenoxy) is 1. The van der Waals surface area contributed by atoms with Gasteiger partial charge in [-0.1, -0.05) is 0 Å². The fourth-order valence-corrected chi connectivity index (χ4v) is 3.66. The highest BCUT2D eigenvalue weighted by Gasteiger charge is 2.27. The lowest BCUT2D eigenvalue weighted by Gasteiger charge is -2.31.